The minimum absolute atomic E-state index is 0.136. The molecule has 1 aromatic rings. The van der Waals surface area contributed by atoms with Crippen LogP contribution in [-0.2, 0) is 0 Å². The van der Waals surface area contributed by atoms with Crippen LogP contribution in [-0.4, -0.2) is 12.1 Å². The average molecular weight is 167 g/mol. The average Bonchev–Trinajstić information content (AvgIpc) is 2.50. The van der Waals surface area contributed by atoms with Crippen LogP contribution in [0.2, 0.25) is 0 Å². The molecule has 0 aliphatic rings. The summed E-state index contributed by atoms with van der Waals surface area (Å²) in [7, 11) is 1.60. The highest BCUT2D eigenvalue weighted by atomic mass is 32.1. The summed E-state index contributed by atoms with van der Waals surface area (Å²) < 4.78 is 4.93. The molecule has 3 heteroatoms. The van der Waals surface area contributed by atoms with Crippen molar-refractivity contribution in [2.45, 2.75) is 12.8 Å². The zero-order chi connectivity index (χ0) is 8.27. The van der Waals surface area contributed by atoms with Crippen molar-refractivity contribution in [3.63, 3.8) is 0 Å². The van der Waals surface area contributed by atoms with Crippen LogP contribution >= 0.6 is 11.3 Å². The number of terminal acetylenes is 1. The monoisotopic (exact) mass is 167 g/mol. The van der Waals surface area contributed by atoms with Gasteiger partial charge in [0.1, 0.15) is 0 Å². The molecule has 0 fully saturated rings. The molecule has 1 aromatic heterocycles. The predicted octanol–water partition coefficient (Wildman–Crippen LogP) is 1.89. The third-order valence-electron chi connectivity index (χ3n) is 1.35. The molecule has 0 spiro atoms. The Kier molecular flexibility index (Phi) is 2.50. The highest BCUT2D eigenvalue weighted by Gasteiger charge is 2.06. The third-order valence-corrected chi connectivity index (χ3v) is 2.50. The highest BCUT2D eigenvalue weighted by Crippen LogP contribution is 2.26. The van der Waals surface area contributed by atoms with E-state index in [1.54, 1.807) is 13.3 Å². The molecule has 1 rings (SSSR count). The molecule has 0 saturated carbocycles. The quantitative estimate of drug-likeness (QED) is 0.627. The molecule has 0 bridgehead atoms. The van der Waals surface area contributed by atoms with E-state index in [1.807, 2.05) is 6.92 Å². The summed E-state index contributed by atoms with van der Waals surface area (Å²) in [6, 6.07) is 0. The minimum atomic E-state index is 0.136. The molecule has 1 unspecified atom stereocenters. The minimum Gasteiger partial charge on any atom is -0.473 e. The van der Waals surface area contributed by atoms with Crippen LogP contribution < -0.4 is 4.74 Å². The first-order valence-corrected chi connectivity index (χ1v) is 4.05. The molecule has 1 atom stereocenters. The molecule has 58 valence electrons. The second-order valence-corrected chi connectivity index (χ2v) is 3.15. The zero-order valence-electron chi connectivity index (χ0n) is 6.50. The molecular formula is C8H9NOS. The number of thiazole rings is 1. The molecule has 0 saturated heterocycles. The van der Waals surface area contributed by atoms with Crippen LogP contribution in [0.3, 0.4) is 0 Å². The van der Waals surface area contributed by atoms with E-state index in [0.29, 0.717) is 5.19 Å². The van der Waals surface area contributed by atoms with Gasteiger partial charge in [0.15, 0.2) is 0 Å². The van der Waals surface area contributed by atoms with Gasteiger partial charge in [0, 0.05) is 11.1 Å². The van der Waals surface area contributed by atoms with E-state index in [-0.39, 0.29) is 5.92 Å². The van der Waals surface area contributed by atoms with Crippen molar-refractivity contribution in [2.75, 3.05) is 7.11 Å². The van der Waals surface area contributed by atoms with Crippen molar-refractivity contribution in [3.05, 3.63) is 11.1 Å². The Balaban J connectivity index is 2.82. The van der Waals surface area contributed by atoms with Gasteiger partial charge in [0.2, 0.25) is 0 Å². The van der Waals surface area contributed by atoms with E-state index in [1.165, 1.54) is 11.3 Å². The first kappa shape index (κ1) is 8.09. The van der Waals surface area contributed by atoms with Gasteiger partial charge in [-0.15, -0.1) is 6.42 Å². The van der Waals surface area contributed by atoms with Crippen LogP contribution in [0.15, 0.2) is 6.20 Å². The predicted molar refractivity (Wildman–Crippen MR) is 45.9 cm³/mol. The van der Waals surface area contributed by atoms with Crippen molar-refractivity contribution < 1.29 is 4.74 Å². The lowest BCUT2D eigenvalue weighted by Gasteiger charge is -1.95. The standard InChI is InChI=1S/C8H9NOS/c1-4-6(2)7-5-9-8(10-3)11-7/h1,5-6H,2-3H3. The number of hydrogen-bond acceptors (Lipinski definition) is 3. The Bertz CT molecular complexity index is 274. The second kappa shape index (κ2) is 3.40. The van der Waals surface area contributed by atoms with Gasteiger partial charge in [-0.1, -0.05) is 17.3 Å². The molecule has 0 radical (unpaired) electrons. The van der Waals surface area contributed by atoms with Crippen molar-refractivity contribution in [2.24, 2.45) is 0 Å². The SMILES string of the molecule is C#CC(C)c1cnc(OC)s1. The summed E-state index contributed by atoms with van der Waals surface area (Å²) in [6.45, 7) is 1.97. The Hall–Kier alpha value is -1.01. The summed E-state index contributed by atoms with van der Waals surface area (Å²) in [6.07, 6.45) is 7.00. The number of aromatic nitrogens is 1. The normalized spacial score (nSPS) is 12.1. The summed E-state index contributed by atoms with van der Waals surface area (Å²) in [4.78, 5) is 5.08. The first-order chi connectivity index (χ1) is 5.27. The molecule has 0 aliphatic carbocycles. The van der Waals surface area contributed by atoms with Crippen molar-refractivity contribution in [3.8, 4) is 17.5 Å². The van der Waals surface area contributed by atoms with Gasteiger partial charge < -0.3 is 4.74 Å². The van der Waals surface area contributed by atoms with E-state index in [4.69, 9.17) is 11.2 Å². The van der Waals surface area contributed by atoms with Gasteiger partial charge in [0.05, 0.1) is 13.0 Å². The van der Waals surface area contributed by atoms with E-state index in [9.17, 15) is 0 Å². The molecule has 0 aromatic carbocycles. The Labute approximate surface area is 70.2 Å². The summed E-state index contributed by atoms with van der Waals surface area (Å²) in [5.41, 5.74) is 0. The maximum absolute atomic E-state index is 5.24. The number of ether oxygens (including phenoxy) is 1. The fourth-order valence-corrected chi connectivity index (χ4v) is 1.39. The maximum atomic E-state index is 5.24. The highest BCUT2D eigenvalue weighted by molar-refractivity contribution is 7.13. The maximum Gasteiger partial charge on any atom is 0.273 e. The smallest absolute Gasteiger partial charge is 0.273 e. The summed E-state index contributed by atoms with van der Waals surface area (Å²) in [5, 5.41) is 0.669. The molecular weight excluding hydrogens is 158 g/mol. The van der Waals surface area contributed by atoms with Crippen molar-refractivity contribution in [1.29, 1.82) is 0 Å². The van der Waals surface area contributed by atoms with Gasteiger partial charge in [-0.2, -0.15) is 0 Å². The fraction of sp³-hybridized carbons (Fsp3) is 0.375. The number of methoxy groups -OCH3 is 1. The third kappa shape index (κ3) is 1.72. The molecule has 0 aliphatic heterocycles. The lowest BCUT2D eigenvalue weighted by atomic mass is 10.2. The van der Waals surface area contributed by atoms with Crippen LogP contribution in [0.1, 0.15) is 17.7 Å². The number of hydrogen-bond donors (Lipinski definition) is 0. The van der Waals surface area contributed by atoms with Crippen LogP contribution in [0, 0.1) is 12.3 Å². The molecule has 0 amide bonds. The van der Waals surface area contributed by atoms with Crippen molar-refractivity contribution >= 4 is 11.3 Å². The van der Waals surface area contributed by atoms with Gasteiger partial charge >= 0.3 is 0 Å². The lowest BCUT2D eigenvalue weighted by Crippen LogP contribution is -1.81. The lowest BCUT2D eigenvalue weighted by molar-refractivity contribution is 0.412. The van der Waals surface area contributed by atoms with Gasteiger partial charge in [-0.05, 0) is 6.92 Å². The van der Waals surface area contributed by atoms with Gasteiger partial charge in [-0.3, -0.25) is 0 Å². The van der Waals surface area contributed by atoms with Gasteiger partial charge in [-0.25, -0.2) is 4.98 Å². The molecule has 11 heavy (non-hydrogen) atoms. The van der Waals surface area contributed by atoms with Crippen LogP contribution in [0.25, 0.3) is 0 Å². The Morgan fingerprint density at radius 2 is 2.55 bits per heavy atom. The number of rotatable bonds is 2. The largest absolute Gasteiger partial charge is 0.473 e. The second-order valence-electron chi connectivity index (χ2n) is 2.12. The fourth-order valence-electron chi connectivity index (χ4n) is 0.647. The van der Waals surface area contributed by atoms with E-state index in [0.717, 1.165) is 4.88 Å². The molecule has 0 N–H and O–H groups in total. The first-order valence-electron chi connectivity index (χ1n) is 3.23. The molecule has 1 heterocycles. The zero-order valence-corrected chi connectivity index (χ0v) is 7.31. The Morgan fingerprint density at radius 3 is 3.00 bits per heavy atom. The van der Waals surface area contributed by atoms with Crippen molar-refractivity contribution in [1.82, 2.24) is 4.98 Å². The Morgan fingerprint density at radius 1 is 1.82 bits per heavy atom. The van der Waals surface area contributed by atoms with E-state index in [2.05, 4.69) is 10.9 Å². The van der Waals surface area contributed by atoms with Crippen LogP contribution in [0.5, 0.6) is 5.19 Å². The van der Waals surface area contributed by atoms with E-state index >= 15 is 0 Å². The topological polar surface area (TPSA) is 22.1 Å². The van der Waals surface area contributed by atoms with Gasteiger partial charge in [0.25, 0.3) is 5.19 Å². The summed E-state index contributed by atoms with van der Waals surface area (Å²) in [5.74, 6) is 2.77. The van der Waals surface area contributed by atoms with E-state index < -0.39 is 0 Å². The van der Waals surface area contributed by atoms with Crippen LogP contribution in [0.4, 0.5) is 0 Å². The summed E-state index contributed by atoms with van der Waals surface area (Å²) >= 11 is 1.49. The number of nitrogens with zero attached hydrogens (tertiary/aromatic N) is 1. The molecule has 2 nitrogen and oxygen atoms in total.